The van der Waals surface area contributed by atoms with E-state index in [0.717, 1.165) is 6.21 Å². The highest BCUT2D eigenvalue weighted by Crippen LogP contribution is 2.10. The predicted molar refractivity (Wildman–Crippen MR) is 39.9 cm³/mol. The van der Waals surface area contributed by atoms with Gasteiger partial charge in [0.25, 0.3) is 0 Å². The van der Waals surface area contributed by atoms with E-state index in [-0.39, 0.29) is 12.0 Å². The molecule has 0 radical (unpaired) electrons. The monoisotopic (exact) mass is 156 g/mol. The van der Waals surface area contributed by atoms with Gasteiger partial charge in [0.1, 0.15) is 12.0 Å². The smallest absolute Gasteiger partial charge is 0.211 e. The average Bonchev–Trinajstić information content (AvgIpc) is 2.05. The molecule has 1 aliphatic heterocycles. The second-order valence-corrected chi connectivity index (χ2v) is 2.35. The lowest BCUT2D eigenvalue weighted by atomic mass is 10.2. The van der Waals surface area contributed by atoms with Crippen molar-refractivity contribution in [1.82, 2.24) is 4.90 Å². The van der Waals surface area contributed by atoms with Crippen LogP contribution in [0.2, 0.25) is 0 Å². The normalized spacial score (nSPS) is 22.7. The minimum atomic E-state index is -0.333. The molecule has 4 heteroatoms. The number of rotatable bonds is 2. The molecule has 0 bridgehead atoms. The first-order valence-corrected chi connectivity index (χ1v) is 3.30. The lowest BCUT2D eigenvalue weighted by Crippen LogP contribution is -2.29. The third-order valence-corrected chi connectivity index (χ3v) is 1.53. The maximum Gasteiger partial charge on any atom is 0.211 e. The van der Waals surface area contributed by atoms with Crippen LogP contribution in [0.25, 0.3) is 0 Å². The molecule has 11 heavy (non-hydrogen) atoms. The van der Waals surface area contributed by atoms with E-state index in [0.29, 0.717) is 12.8 Å². The molecule has 1 amide bonds. The predicted octanol–water partition coefficient (Wildman–Crippen LogP) is 0.729. The Kier molecular flexibility index (Phi) is 2.36. The molecule has 0 N–H and O–H groups in total. The minimum Gasteiger partial charge on any atom is -0.326 e. The molecule has 60 valence electrons. The van der Waals surface area contributed by atoms with Crippen molar-refractivity contribution >= 4 is 12.6 Å². The van der Waals surface area contributed by atoms with Crippen molar-refractivity contribution < 1.29 is 9.18 Å². The minimum absolute atomic E-state index is 0.230. The van der Waals surface area contributed by atoms with Gasteiger partial charge in [-0.2, -0.15) is 0 Å². The van der Waals surface area contributed by atoms with E-state index in [4.69, 9.17) is 0 Å². The molecular formula is C7H9FN2O. The van der Waals surface area contributed by atoms with Crippen molar-refractivity contribution in [3.05, 3.63) is 11.9 Å². The number of nitrogens with zero attached hydrogens (tertiary/aromatic N) is 2. The van der Waals surface area contributed by atoms with Crippen LogP contribution in [0.4, 0.5) is 4.39 Å². The first kappa shape index (κ1) is 7.91. The molecule has 3 nitrogen and oxygen atoms in total. The van der Waals surface area contributed by atoms with Gasteiger partial charge in [0.15, 0.2) is 0 Å². The number of hydrogen-bond acceptors (Lipinski definition) is 2. The summed E-state index contributed by atoms with van der Waals surface area (Å²) < 4.78 is 12.3. The Labute approximate surface area is 64.2 Å². The van der Waals surface area contributed by atoms with E-state index in [1.54, 1.807) is 7.05 Å². The van der Waals surface area contributed by atoms with E-state index in [2.05, 4.69) is 4.99 Å². The highest BCUT2D eigenvalue weighted by atomic mass is 19.1. The zero-order valence-corrected chi connectivity index (χ0v) is 6.20. The Balaban J connectivity index is 2.55. The van der Waals surface area contributed by atoms with Gasteiger partial charge in [0.05, 0.1) is 6.21 Å². The molecule has 0 spiro atoms. The number of dihydropyridines is 1. The molecule has 0 fully saturated rings. The highest BCUT2D eigenvalue weighted by Gasteiger charge is 2.12. The van der Waals surface area contributed by atoms with Crippen LogP contribution in [0.3, 0.4) is 0 Å². The van der Waals surface area contributed by atoms with Crippen LogP contribution < -0.4 is 0 Å². The van der Waals surface area contributed by atoms with E-state index in [1.165, 1.54) is 11.0 Å². The van der Waals surface area contributed by atoms with Gasteiger partial charge in [-0.25, -0.2) is 4.39 Å². The van der Waals surface area contributed by atoms with Crippen LogP contribution in [0.15, 0.2) is 16.9 Å². The summed E-state index contributed by atoms with van der Waals surface area (Å²) >= 11 is 0. The SMILES string of the molecule is CN(C=O)C1CC=C(F)C=N1. The number of carbonyl (C=O) groups excluding carboxylic acids is 1. The fraction of sp³-hybridized carbons (Fsp3) is 0.429. The first-order chi connectivity index (χ1) is 5.24. The van der Waals surface area contributed by atoms with Crippen molar-refractivity contribution in [3.63, 3.8) is 0 Å². The van der Waals surface area contributed by atoms with E-state index in [1.807, 2.05) is 0 Å². The van der Waals surface area contributed by atoms with E-state index < -0.39 is 0 Å². The number of aliphatic imine (C=N–C) groups is 1. The Morgan fingerprint density at radius 3 is 3.09 bits per heavy atom. The second kappa shape index (κ2) is 3.27. The molecule has 0 saturated carbocycles. The maximum atomic E-state index is 12.3. The molecular weight excluding hydrogens is 147 g/mol. The van der Waals surface area contributed by atoms with Crippen LogP contribution >= 0.6 is 0 Å². The molecule has 0 aromatic carbocycles. The zero-order chi connectivity index (χ0) is 8.27. The topological polar surface area (TPSA) is 32.7 Å². The van der Waals surface area contributed by atoms with Crippen molar-refractivity contribution in [3.8, 4) is 0 Å². The summed E-state index contributed by atoms with van der Waals surface area (Å²) in [6.45, 7) is 0. The molecule has 0 aromatic heterocycles. The Bertz CT molecular complexity index is 212. The summed E-state index contributed by atoms with van der Waals surface area (Å²) in [6, 6.07) is 0. The van der Waals surface area contributed by atoms with Gasteiger partial charge >= 0.3 is 0 Å². The molecule has 0 aromatic rings. The van der Waals surface area contributed by atoms with Gasteiger partial charge in [0, 0.05) is 13.5 Å². The van der Waals surface area contributed by atoms with Crippen molar-refractivity contribution in [2.24, 2.45) is 4.99 Å². The third kappa shape index (κ3) is 1.86. The Hall–Kier alpha value is -1.19. The molecule has 0 aliphatic carbocycles. The van der Waals surface area contributed by atoms with Gasteiger partial charge in [-0.15, -0.1) is 0 Å². The molecule has 0 saturated heterocycles. The van der Waals surface area contributed by atoms with Gasteiger partial charge in [-0.1, -0.05) is 0 Å². The van der Waals surface area contributed by atoms with Crippen molar-refractivity contribution in [2.75, 3.05) is 7.05 Å². The van der Waals surface area contributed by atoms with E-state index >= 15 is 0 Å². The highest BCUT2D eigenvalue weighted by molar-refractivity contribution is 5.76. The molecule has 1 rings (SSSR count). The molecule has 1 unspecified atom stereocenters. The van der Waals surface area contributed by atoms with Crippen molar-refractivity contribution in [1.29, 1.82) is 0 Å². The number of amides is 1. The zero-order valence-electron chi connectivity index (χ0n) is 6.20. The quantitative estimate of drug-likeness (QED) is 0.542. The number of halogens is 1. The first-order valence-electron chi connectivity index (χ1n) is 3.30. The standard InChI is InChI=1S/C7H9FN2O/c1-10(5-11)7-3-2-6(8)4-9-7/h2,4-5,7H,3H2,1H3. The molecule has 1 aliphatic rings. The summed E-state index contributed by atoms with van der Waals surface area (Å²) in [4.78, 5) is 15.4. The number of hydrogen-bond donors (Lipinski definition) is 0. The van der Waals surface area contributed by atoms with Crippen LogP contribution in [-0.2, 0) is 4.79 Å². The van der Waals surface area contributed by atoms with Crippen LogP contribution in [-0.4, -0.2) is 30.7 Å². The summed E-state index contributed by atoms with van der Waals surface area (Å²) in [5.41, 5.74) is 0. The lowest BCUT2D eigenvalue weighted by molar-refractivity contribution is -0.118. The van der Waals surface area contributed by atoms with E-state index in [9.17, 15) is 9.18 Å². The Morgan fingerprint density at radius 1 is 1.91 bits per heavy atom. The second-order valence-electron chi connectivity index (χ2n) is 2.35. The summed E-state index contributed by atoms with van der Waals surface area (Å²) in [5, 5.41) is 0. The Morgan fingerprint density at radius 2 is 2.64 bits per heavy atom. The van der Waals surface area contributed by atoms with Gasteiger partial charge in [0.2, 0.25) is 6.41 Å². The van der Waals surface area contributed by atoms with Crippen LogP contribution in [0, 0.1) is 0 Å². The third-order valence-electron chi connectivity index (χ3n) is 1.53. The summed E-state index contributed by atoms with van der Waals surface area (Å²) in [7, 11) is 1.62. The summed E-state index contributed by atoms with van der Waals surface area (Å²) in [6.07, 6.45) is 3.45. The van der Waals surface area contributed by atoms with Crippen LogP contribution in [0.1, 0.15) is 6.42 Å². The largest absolute Gasteiger partial charge is 0.326 e. The number of allylic oxidation sites excluding steroid dienone is 1. The van der Waals surface area contributed by atoms with Gasteiger partial charge < -0.3 is 4.90 Å². The van der Waals surface area contributed by atoms with Gasteiger partial charge in [-0.05, 0) is 6.08 Å². The maximum absolute atomic E-state index is 12.3. The van der Waals surface area contributed by atoms with Crippen molar-refractivity contribution in [2.45, 2.75) is 12.6 Å². The molecule has 1 atom stereocenters. The fourth-order valence-electron chi connectivity index (χ4n) is 0.830. The fourth-order valence-corrected chi connectivity index (χ4v) is 0.830. The van der Waals surface area contributed by atoms with Gasteiger partial charge in [-0.3, -0.25) is 9.79 Å². The number of carbonyl (C=O) groups is 1. The molecule has 1 heterocycles. The van der Waals surface area contributed by atoms with Crippen LogP contribution in [0.5, 0.6) is 0 Å². The average molecular weight is 156 g/mol. The lowest BCUT2D eigenvalue weighted by Gasteiger charge is -2.20. The summed E-state index contributed by atoms with van der Waals surface area (Å²) in [5.74, 6) is -0.333.